The molecule has 1 aromatic rings. The number of nitrogens with zero attached hydrogens (tertiary/aromatic N) is 1. The van der Waals surface area contributed by atoms with E-state index in [1.165, 1.54) is 6.07 Å². The van der Waals surface area contributed by atoms with Crippen molar-refractivity contribution in [2.24, 2.45) is 5.92 Å². The van der Waals surface area contributed by atoms with Crippen molar-refractivity contribution >= 4 is 6.03 Å². The first-order valence-electron chi connectivity index (χ1n) is 7.88. The van der Waals surface area contributed by atoms with Crippen LogP contribution < -0.4 is 5.32 Å². The summed E-state index contributed by atoms with van der Waals surface area (Å²) in [5.74, 6) is 0.228. The fraction of sp³-hybridized carbons (Fsp3) is 0.588. The van der Waals surface area contributed by atoms with Crippen molar-refractivity contribution in [2.75, 3.05) is 26.8 Å². The second-order valence-electron chi connectivity index (χ2n) is 6.13. The number of carbonyl (C=O) groups is 1. The van der Waals surface area contributed by atoms with Crippen LogP contribution in [0.25, 0.3) is 0 Å². The van der Waals surface area contributed by atoms with Crippen molar-refractivity contribution in [3.05, 3.63) is 35.6 Å². The second kappa shape index (κ2) is 8.13. The lowest BCUT2D eigenvalue weighted by Crippen LogP contribution is -2.43. The number of nitrogens with one attached hydrogen (secondary N) is 1. The number of hydrogen-bond acceptors (Lipinski definition) is 2. The Morgan fingerprint density at radius 2 is 2.36 bits per heavy atom. The van der Waals surface area contributed by atoms with Crippen LogP contribution in [0.5, 0.6) is 0 Å². The minimum atomic E-state index is -0.215. The molecule has 0 aliphatic carbocycles. The number of benzene rings is 1. The van der Waals surface area contributed by atoms with Crippen LogP contribution >= 0.6 is 0 Å². The van der Waals surface area contributed by atoms with Crippen molar-refractivity contribution in [3.63, 3.8) is 0 Å². The topological polar surface area (TPSA) is 41.6 Å². The molecule has 2 atom stereocenters. The van der Waals surface area contributed by atoms with E-state index < -0.39 is 0 Å². The van der Waals surface area contributed by atoms with Crippen molar-refractivity contribution in [1.29, 1.82) is 0 Å². The molecular formula is C17H25FN2O2. The third-order valence-electron chi connectivity index (χ3n) is 4.03. The van der Waals surface area contributed by atoms with Crippen LogP contribution in [-0.4, -0.2) is 43.8 Å². The van der Waals surface area contributed by atoms with Gasteiger partial charge in [-0.05, 0) is 43.9 Å². The van der Waals surface area contributed by atoms with Crippen LogP contribution in [-0.2, 0) is 11.2 Å². The van der Waals surface area contributed by atoms with Gasteiger partial charge in [0.05, 0.1) is 6.61 Å². The monoisotopic (exact) mass is 308 g/mol. The van der Waals surface area contributed by atoms with Crippen LogP contribution in [0.2, 0.25) is 0 Å². The molecule has 1 heterocycles. The highest BCUT2D eigenvalue weighted by atomic mass is 19.1. The molecule has 22 heavy (non-hydrogen) atoms. The predicted octanol–water partition coefficient (Wildman–Crippen LogP) is 2.82. The molecule has 0 radical (unpaired) electrons. The molecule has 1 N–H and O–H groups in total. The smallest absolute Gasteiger partial charge is 0.317 e. The van der Waals surface area contributed by atoms with Gasteiger partial charge in [-0.1, -0.05) is 12.1 Å². The highest BCUT2D eigenvalue weighted by molar-refractivity contribution is 5.74. The Bertz CT molecular complexity index is 489. The predicted molar refractivity (Wildman–Crippen MR) is 84.3 cm³/mol. The van der Waals surface area contributed by atoms with Gasteiger partial charge in [0, 0.05) is 32.2 Å². The first kappa shape index (κ1) is 16.7. The quantitative estimate of drug-likeness (QED) is 0.878. The Hall–Kier alpha value is -1.62. The van der Waals surface area contributed by atoms with E-state index in [1.54, 1.807) is 17.0 Å². The fourth-order valence-electron chi connectivity index (χ4n) is 2.67. The van der Waals surface area contributed by atoms with Crippen LogP contribution in [0.15, 0.2) is 24.3 Å². The summed E-state index contributed by atoms with van der Waals surface area (Å²) in [6, 6.07) is 6.60. The standard InChI is InChI=1S/C17H25FN2O2/c1-13(6-7-14-4-3-5-16(18)10-14)19-17(21)20(2)11-15-8-9-22-12-15/h3-5,10,13,15H,6-9,11-12H2,1-2H3,(H,19,21)/t13-,15+/m1/s1. The summed E-state index contributed by atoms with van der Waals surface area (Å²) in [6.07, 6.45) is 2.56. The number of rotatable bonds is 6. The van der Waals surface area contributed by atoms with Gasteiger partial charge in [-0.25, -0.2) is 9.18 Å². The summed E-state index contributed by atoms with van der Waals surface area (Å²) >= 11 is 0. The van der Waals surface area contributed by atoms with Gasteiger partial charge < -0.3 is 15.0 Å². The SMILES string of the molecule is C[C@H](CCc1cccc(F)c1)NC(=O)N(C)C[C@@H]1CCOC1. The normalized spacial score (nSPS) is 19.0. The zero-order valence-corrected chi connectivity index (χ0v) is 13.3. The van der Waals surface area contributed by atoms with Gasteiger partial charge in [0.25, 0.3) is 0 Å². The molecule has 5 heteroatoms. The summed E-state index contributed by atoms with van der Waals surface area (Å²) in [4.78, 5) is 13.8. The van der Waals surface area contributed by atoms with E-state index in [0.717, 1.165) is 44.6 Å². The first-order valence-corrected chi connectivity index (χ1v) is 7.88. The van der Waals surface area contributed by atoms with E-state index in [-0.39, 0.29) is 17.9 Å². The van der Waals surface area contributed by atoms with E-state index in [1.807, 2.05) is 20.0 Å². The molecule has 1 aromatic carbocycles. The average molecular weight is 308 g/mol. The number of aryl methyl sites for hydroxylation is 1. The number of carbonyl (C=O) groups excluding carboxylic acids is 1. The Kier molecular flexibility index (Phi) is 6.19. The van der Waals surface area contributed by atoms with Crippen molar-refractivity contribution in [3.8, 4) is 0 Å². The highest BCUT2D eigenvalue weighted by Crippen LogP contribution is 2.13. The van der Waals surface area contributed by atoms with Crippen LogP contribution in [0, 0.1) is 11.7 Å². The van der Waals surface area contributed by atoms with Crippen LogP contribution in [0.4, 0.5) is 9.18 Å². The summed E-state index contributed by atoms with van der Waals surface area (Å²) in [6.45, 7) is 4.24. The molecule has 0 saturated carbocycles. The molecule has 0 bridgehead atoms. The molecule has 0 aromatic heterocycles. The fourth-order valence-corrected chi connectivity index (χ4v) is 2.67. The maximum absolute atomic E-state index is 13.1. The summed E-state index contributed by atoms with van der Waals surface area (Å²) in [7, 11) is 1.81. The second-order valence-corrected chi connectivity index (χ2v) is 6.13. The molecule has 0 spiro atoms. The van der Waals surface area contributed by atoms with Gasteiger partial charge in [0.1, 0.15) is 5.82 Å². The molecule has 1 aliphatic heterocycles. The zero-order chi connectivity index (χ0) is 15.9. The van der Waals surface area contributed by atoms with Gasteiger partial charge >= 0.3 is 6.03 Å². The molecule has 4 nitrogen and oxygen atoms in total. The van der Waals surface area contributed by atoms with E-state index in [9.17, 15) is 9.18 Å². The van der Waals surface area contributed by atoms with E-state index in [4.69, 9.17) is 4.74 Å². The zero-order valence-electron chi connectivity index (χ0n) is 13.3. The molecule has 1 saturated heterocycles. The van der Waals surface area contributed by atoms with Gasteiger partial charge in [0.15, 0.2) is 0 Å². The first-order chi connectivity index (χ1) is 10.5. The summed E-state index contributed by atoms with van der Waals surface area (Å²) < 4.78 is 18.4. The van der Waals surface area contributed by atoms with Crippen molar-refractivity contribution in [2.45, 2.75) is 32.2 Å². The summed E-state index contributed by atoms with van der Waals surface area (Å²) in [5.41, 5.74) is 0.956. The number of halogens is 1. The average Bonchev–Trinajstić information content (AvgIpc) is 2.98. The number of amides is 2. The number of urea groups is 1. The van der Waals surface area contributed by atoms with E-state index in [0.29, 0.717) is 5.92 Å². The number of hydrogen-bond donors (Lipinski definition) is 1. The lowest BCUT2D eigenvalue weighted by Gasteiger charge is -2.23. The highest BCUT2D eigenvalue weighted by Gasteiger charge is 2.20. The third kappa shape index (κ3) is 5.30. The Morgan fingerprint density at radius 1 is 1.55 bits per heavy atom. The number of ether oxygens (including phenoxy) is 1. The van der Waals surface area contributed by atoms with Gasteiger partial charge in [-0.3, -0.25) is 0 Å². The van der Waals surface area contributed by atoms with Crippen LogP contribution in [0.3, 0.4) is 0 Å². The summed E-state index contributed by atoms with van der Waals surface area (Å²) in [5, 5.41) is 2.99. The lowest BCUT2D eigenvalue weighted by molar-refractivity contribution is 0.170. The van der Waals surface area contributed by atoms with E-state index >= 15 is 0 Å². The van der Waals surface area contributed by atoms with Gasteiger partial charge in [-0.2, -0.15) is 0 Å². The minimum Gasteiger partial charge on any atom is -0.381 e. The van der Waals surface area contributed by atoms with Gasteiger partial charge in [-0.15, -0.1) is 0 Å². The molecule has 1 fully saturated rings. The maximum Gasteiger partial charge on any atom is 0.317 e. The Labute approximate surface area is 131 Å². The van der Waals surface area contributed by atoms with E-state index in [2.05, 4.69) is 5.32 Å². The largest absolute Gasteiger partial charge is 0.381 e. The Morgan fingerprint density at radius 3 is 3.05 bits per heavy atom. The lowest BCUT2D eigenvalue weighted by atomic mass is 10.1. The maximum atomic E-state index is 13.1. The molecular weight excluding hydrogens is 283 g/mol. The van der Waals surface area contributed by atoms with Crippen molar-refractivity contribution < 1.29 is 13.9 Å². The van der Waals surface area contributed by atoms with Crippen LogP contribution in [0.1, 0.15) is 25.3 Å². The molecule has 0 unspecified atom stereocenters. The molecule has 2 rings (SSSR count). The minimum absolute atomic E-state index is 0.0537. The van der Waals surface area contributed by atoms with Crippen molar-refractivity contribution in [1.82, 2.24) is 10.2 Å². The third-order valence-corrected chi connectivity index (χ3v) is 4.03. The Balaban J connectivity index is 1.71. The molecule has 1 aliphatic rings. The molecule has 2 amide bonds. The molecule has 122 valence electrons. The van der Waals surface area contributed by atoms with Gasteiger partial charge in [0.2, 0.25) is 0 Å².